The van der Waals surface area contributed by atoms with Crippen LogP contribution in [0.5, 0.6) is 0 Å². The maximum absolute atomic E-state index is 13.0. The van der Waals surface area contributed by atoms with E-state index in [0.717, 1.165) is 0 Å². The molecule has 2 aromatic rings. The fourth-order valence-electron chi connectivity index (χ4n) is 2.62. The molecule has 0 atom stereocenters. The normalized spacial score (nSPS) is 11.9. The molecule has 0 aliphatic heterocycles. The van der Waals surface area contributed by atoms with Gasteiger partial charge in [-0.2, -0.15) is 0 Å². The maximum atomic E-state index is 13.0. The Morgan fingerprint density at radius 1 is 1.10 bits per heavy atom. The van der Waals surface area contributed by atoms with Crippen LogP contribution >= 0.6 is 30.5 Å². The van der Waals surface area contributed by atoms with Crippen molar-refractivity contribution in [3.63, 3.8) is 0 Å². The van der Waals surface area contributed by atoms with Gasteiger partial charge in [0, 0.05) is 15.5 Å². The fourth-order valence-corrected chi connectivity index (χ4v) is 6.19. The molecule has 1 N–H and O–H groups in total. The summed E-state index contributed by atoms with van der Waals surface area (Å²) in [5, 5.41) is 3.15. The van der Waals surface area contributed by atoms with Gasteiger partial charge in [-0.3, -0.25) is 14.2 Å². The highest BCUT2D eigenvalue weighted by molar-refractivity contribution is 7.53. The van der Waals surface area contributed by atoms with E-state index < -0.39 is 7.60 Å². The van der Waals surface area contributed by atoms with Gasteiger partial charge in [0.1, 0.15) is 0 Å². The number of ketones is 1. The molecule has 1 heterocycles. The Bertz CT molecular complexity index is 927. The van der Waals surface area contributed by atoms with Crippen molar-refractivity contribution in [3.8, 4) is 0 Å². The van der Waals surface area contributed by atoms with Crippen LogP contribution in [0.1, 0.15) is 59.5 Å². The SMILES string of the molecule is CC(=O)c1cc(Cl)ccc1NC(=O)c1ccc(CP(=O)(OC(C)C)OC(C)C)s1. The van der Waals surface area contributed by atoms with Crippen LogP contribution in [0, 0.1) is 0 Å². The van der Waals surface area contributed by atoms with E-state index in [4.69, 9.17) is 20.6 Å². The van der Waals surface area contributed by atoms with Crippen molar-refractivity contribution in [1.29, 1.82) is 0 Å². The van der Waals surface area contributed by atoms with Gasteiger partial charge < -0.3 is 14.4 Å². The summed E-state index contributed by atoms with van der Waals surface area (Å²) < 4.78 is 24.2. The van der Waals surface area contributed by atoms with Crippen LogP contribution in [-0.4, -0.2) is 23.9 Å². The van der Waals surface area contributed by atoms with Crippen LogP contribution in [0.25, 0.3) is 0 Å². The Morgan fingerprint density at radius 3 is 2.28 bits per heavy atom. The molecule has 0 spiro atoms. The van der Waals surface area contributed by atoms with Gasteiger partial charge in [0.05, 0.1) is 28.9 Å². The van der Waals surface area contributed by atoms with Gasteiger partial charge in [-0.15, -0.1) is 11.3 Å². The third-order valence-corrected chi connectivity index (χ3v) is 7.33. The molecule has 29 heavy (non-hydrogen) atoms. The number of halogens is 1. The van der Waals surface area contributed by atoms with Crippen LogP contribution < -0.4 is 5.32 Å². The minimum atomic E-state index is -3.34. The zero-order chi connectivity index (χ0) is 21.8. The molecular formula is C20H25ClNO5PS. The average Bonchev–Trinajstić information content (AvgIpc) is 3.02. The van der Waals surface area contributed by atoms with Gasteiger partial charge in [-0.1, -0.05) is 11.6 Å². The van der Waals surface area contributed by atoms with E-state index in [2.05, 4.69) is 5.32 Å². The predicted octanol–water partition coefficient (Wildman–Crippen LogP) is 6.40. The molecule has 0 unspecified atom stereocenters. The van der Waals surface area contributed by atoms with Gasteiger partial charge in [0.2, 0.25) is 0 Å². The number of carbonyl (C=O) groups is 2. The van der Waals surface area contributed by atoms with Crippen molar-refractivity contribution in [2.75, 3.05) is 5.32 Å². The molecule has 0 saturated heterocycles. The first-order valence-electron chi connectivity index (χ1n) is 9.15. The molecule has 0 radical (unpaired) electrons. The minimum Gasteiger partial charge on any atom is -0.321 e. The topological polar surface area (TPSA) is 81.7 Å². The number of amides is 1. The fraction of sp³-hybridized carbons (Fsp3) is 0.400. The smallest absolute Gasteiger partial charge is 0.321 e. The van der Waals surface area contributed by atoms with E-state index in [1.165, 1.54) is 24.3 Å². The molecule has 6 nitrogen and oxygen atoms in total. The summed E-state index contributed by atoms with van der Waals surface area (Å²) in [6, 6.07) is 8.09. The second-order valence-electron chi connectivity index (χ2n) is 7.04. The number of thiophene rings is 1. The second kappa shape index (κ2) is 10.0. The standard InChI is InChI=1S/C20H25ClNO5PS/c1-12(2)26-28(25,27-13(3)4)11-16-7-9-19(29-16)20(24)22-18-8-6-15(21)10-17(18)14(5)23/h6-10,12-13H,11H2,1-5H3,(H,22,24). The maximum Gasteiger partial charge on any atom is 0.336 e. The highest BCUT2D eigenvalue weighted by Crippen LogP contribution is 2.54. The Morgan fingerprint density at radius 2 is 1.72 bits per heavy atom. The molecule has 0 bridgehead atoms. The van der Waals surface area contributed by atoms with Gasteiger partial charge in [-0.25, -0.2) is 0 Å². The summed E-state index contributed by atoms with van der Waals surface area (Å²) >= 11 is 7.14. The molecule has 0 aliphatic rings. The number of nitrogens with one attached hydrogen (secondary N) is 1. The Kier molecular flexibility index (Phi) is 8.20. The zero-order valence-corrected chi connectivity index (χ0v) is 19.5. The van der Waals surface area contributed by atoms with E-state index in [1.807, 2.05) is 0 Å². The molecule has 1 aromatic carbocycles. The number of hydrogen-bond donors (Lipinski definition) is 1. The zero-order valence-electron chi connectivity index (χ0n) is 17.0. The molecule has 9 heteroatoms. The third kappa shape index (κ3) is 7.05. The molecule has 1 amide bonds. The Labute approximate surface area is 180 Å². The second-order valence-corrected chi connectivity index (χ2v) is 10.6. The molecule has 2 rings (SSSR count). The number of rotatable bonds is 9. The number of Topliss-reactive ketones (excluding diaryl/α,β-unsaturated/α-hetero) is 1. The molecule has 0 fully saturated rings. The summed E-state index contributed by atoms with van der Waals surface area (Å²) in [6.07, 6.45) is -0.421. The van der Waals surface area contributed by atoms with Crippen LogP contribution in [0.3, 0.4) is 0 Å². The lowest BCUT2D eigenvalue weighted by molar-refractivity contribution is 0.101. The van der Waals surface area contributed by atoms with Crippen LogP contribution in [0.15, 0.2) is 30.3 Å². The highest BCUT2D eigenvalue weighted by atomic mass is 35.5. The van der Waals surface area contributed by atoms with Crippen LogP contribution in [0.2, 0.25) is 5.02 Å². The van der Waals surface area contributed by atoms with Crippen molar-refractivity contribution < 1.29 is 23.2 Å². The molecule has 0 aliphatic carbocycles. The van der Waals surface area contributed by atoms with Crippen molar-refractivity contribution in [3.05, 3.63) is 50.7 Å². The van der Waals surface area contributed by atoms with E-state index in [9.17, 15) is 14.2 Å². The summed E-state index contributed by atoms with van der Waals surface area (Å²) in [7, 11) is -3.34. The first-order valence-corrected chi connectivity index (χ1v) is 12.1. The van der Waals surface area contributed by atoms with Gasteiger partial charge >= 0.3 is 7.60 Å². The third-order valence-electron chi connectivity index (χ3n) is 3.59. The summed E-state index contributed by atoms with van der Waals surface area (Å²) in [4.78, 5) is 25.6. The number of hydrogen-bond acceptors (Lipinski definition) is 6. The molecule has 1 aromatic heterocycles. The first-order chi connectivity index (χ1) is 13.5. The number of anilines is 1. The average molecular weight is 458 g/mol. The number of carbonyl (C=O) groups excluding carboxylic acids is 2. The van der Waals surface area contributed by atoms with E-state index in [-0.39, 0.29) is 30.1 Å². The van der Waals surface area contributed by atoms with E-state index in [0.29, 0.717) is 26.0 Å². The largest absolute Gasteiger partial charge is 0.336 e. The lowest BCUT2D eigenvalue weighted by Crippen LogP contribution is -2.13. The van der Waals surface area contributed by atoms with Crippen molar-refractivity contribution >= 4 is 47.9 Å². The molecule has 0 saturated carbocycles. The Balaban J connectivity index is 2.18. The quantitative estimate of drug-likeness (QED) is 0.348. The Hall–Kier alpha value is -1.50. The van der Waals surface area contributed by atoms with Crippen LogP contribution in [-0.2, 0) is 19.8 Å². The van der Waals surface area contributed by atoms with Crippen LogP contribution in [0.4, 0.5) is 5.69 Å². The van der Waals surface area contributed by atoms with Crippen molar-refractivity contribution in [2.24, 2.45) is 0 Å². The summed E-state index contributed by atoms with van der Waals surface area (Å²) in [5.74, 6) is -0.567. The summed E-state index contributed by atoms with van der Waals surface area (Å²) in [6.45, 7) is 8.58. The van der Waals surface area contributed by atoms with Gasteiger partial charge in [-0.05, 0) is 65.0 Å². The predicted molar refractivity (Wildman–Crippen MR) is 117 cm³/mol. The van der Waals surface area contributed by atoms with Gasteiger partial charge in [0.15, 0.2) is 5.78 Å². The minimum absolute atomic E-state index is 0.0843. The lowest BCUT2D eigenvalue weighted by Gasteiger charge is -2.22. The first kappa shape index (κ1) is 23.8. The molecular weight excluding hydrogens is 433 g/mol. The number of benzene rings is 1. The van der Waals surface area contributed by atoms with Gasteiger partial charge in [0.25, 0.3) is 5.91 Å². The van der Waals surface area contributed by atoms with E-state index in [1.54, 1.807) is 52.0 Å². The highest BCUT2D eigenvalue weighted by Gasteiger charge is 2.29. The monoisotopic (exact) mass is 457 g/mol. The van der Waals surface area contributed by atoms with E-state index >= 15 is 0 Å². The lowest BCUT2D eigenvalue weighted by atomic mass is 10.1. The molecule has 158 valence electrons. The summed E-state index contributed by atoms with van der Waals surface area (Å²) in [5.41, 5.74) is 0.724. The van der Waals surface area contributed by atoms with Crippen molar-refractivity contribution in [1.82, 2.24) is 0 Å². The van der Waals surface area contributed by atoms with Crippen molar-refractivity contribution in [2.45, 2.75) is 53.0 Å².